The van der Waals surface area contributed by atoms with Crippen molar-refractivity contribution < 1.29 is 0 Å². The van der Waals surface area contributed by atoms with Crippen molar-refractivity contribution in [1.82, 2.24) is 9.55 Å². The second kappa shape index (κ2) is 6.44. The van der Waals surface area contributed by atoms with E-state index in [1.807, 2.05) is 18.2 Å². The van der Waals surface area contributed by atoms with Gasteiger partial charge in [0, 0.05) is 6.54 Å². The summed E-state index contributed by atoms with van der Waals surface area (Å²) in [6.07, 6.45) is 4.96. The Bertz CT molecular complexity index is 716. The van der Waals surface area contributed by atoms with Crippen LogP contribution in [0.4, 0.5) is 0 Å². The Morgan fingerprint density at radius 1 is 1.33 bits per heavy atom. The van der Waals surface area contributed by atoms with Gasteiger partial charge in [-0.25, -0.2) is 0 Å². The van der Waals surface area contributed by atoms with Gasteiger partial charge in [0.25, 0.3) is 0 Å². The number of nitriles is 1. The largest absolute Gasteiger partial charge is 0.329 e. The topological polar surface area (TPSA) is 44.5 Å². The van der Waals surface area contributed by atoms with Crippen molar-refractivity contribution in [3.63, 3.8) is 0 Å². The van der Waals surface area contributed by atoms with Gasteiger partial charge < -0.3 is 9.55 Å². The van der Waals surface area contributed by atoms with Crippen LogP contribution in [-0.2, 0) is 6.54 Å². The molecule has 2 aromatic rings. The van der Waals surface area contributed by atoms with E-state index in [2.05, 4.69) is 36.4 Å². The molecule has 1 aromatic carbocycles. The molecule has 0 radical (unpaired) electrons. The molecule has 0 fully saturated rings. The van der Waals surface area contributed by atoms with Crippen molar-refractivity contribution in [3.8, 4) is 6.07 Å². The molecule has 0 bridgehead atoms. The van der Waals surface area contributed by atoms with Gasteiger partial charge in [0.2, 0.25) is 0 Å². The van der Waals surface area contributed by atoms with Gasteiger partial charge in [-0.1, -0.05) is 46.1 Å². The highest BCUT2D eigenvalue weighted by Gasteiger charge is 2.20. The zero-order valence-corrected chi connectivity index (χ0v) is 13.9. The summed E-state index contributed by atoms with van der Waals surface area (Å²) in [5, 5.41) is 9.20. The molecule has 0 atom stereocenters. The van der Waals surface area contributed by atoms with Gasteiger partial charge in [-0.3, -0.25) is 0 Å². The van der Waals surface area contributed by atoms with E-state index in [9.17, 15) is 5.26 Å². The normalized spacial score (nSPS) is 11.7. The maximum Gasteiger partial charge on any atom is 0.178 e. The minimum atomic E-state index is 0.200. The average Bonchev–Trinajstić information content (AvgIpc) is 2.75. The first-order valence-corrected chi connectivity index (χ1v) is 8.01. The second-order valence-electron chi connectivity index (χ2n) is 6.45. The summed E-state index contributed by atoms with van der Waals surface area (Å²) < 4.78 is 2.84. The van der Waals surface area contributed by atoms with Crippen LogP contribution in [0.1, 0.15) is 52.0 Å². The van der Waals surface area contributed by atoms with Gasteiger partial charge in [-0.15, -0.1) is 0 Å². The molecule has 0 aliphatic heterocycles. The first-order chi connectivity index (χ1) is 9.98. The van der Waals surface area contributed by atoms with Crippen molar-refractivity contribution in [2.24, 2.45) is 5.41 Å². The molecular formula is C17H23N3S. The fourth-order valence-electron chi connectivity index (χ4n) is 2.79. The van der Waals surface area contributed by atoms with Crippen molar-refractivity contribution in [2.45, 2.75) is 53.0 Å². The summed E-state index contributed by atoms with van der Waals surface area (Å²) in [7, 11) is 0. The fraction of sp³-hybridized carbons (Fsp3) is 0.529. The Morgan fingerprint density at radius 2 is 2.10 bits per heavy atom. The summed E-state index contributed by atoms with van der Waals surface area (Å²) in [5.41, 5.74) is 2.74. The number of aromatic amines is 1. The van der Waals surface area contributed by atoms with Gasteiger partial charge in [0.1, 0.15) is 6.07 Å². The van der Waals surface area contributed by atoms with Crippen LogP contribution in [0.25, 0.3) is 11.0 Å². The Labute approximate surface area is 131 Å². The third-order valence-corrected chi connectivity index (χ3v) is 4.30. The molecule has 0 spiro atoms. The number of hydrogen-bond acceptors (Lipinski definition) is 2. The van der Waals surface area contributed by atoms with Crippen molar-refractivity contribution in [3.05, 3.63) is 28.5 Å². The van der Waals surface area contributed by atoms with Gasteiger partial charge in [-0.05, 0) is 36.2 Å². The molecule has 1 aromatic heterocycles. The summed E-state index contributed by atoms with van der Waals surface area (Å²) in [6.45, 7) is 7.69. The number of nitrogens with one attached hydrogen (secondary N) is 1. The molecule has 4 heteroatoms. The number of H-pyrrole nitrogens is 1. The number of unbranched alkanes of at least 4 members (excludes halogenated alkanes) is 2. The van der Waals surface area contributed by atoms with Crippen LogP contribution in [-0.4, -0.2) is 9.55 Å². The molecule has 0 saturated heterocycles. The third kappa shape index (κ3) is 3.54. The van der Waals surface area contributed by atoms with E-state index in [0.29, 0.717) is 10.3 Å². The summed E-state index contributed by atoms with van der Waals surface area (Å²) in [6, 6.07) is 8.00. The predicted octanol–water partition coefficient (Wildman–Crippen LogP) is 5.18. The Hall–Kier alpha value is -1.60. The molecule has 0 saturated carbocycles. The van der Waals surface area contributed by atoms with Crippen molar-refractivity contribution in [1.29, 1.82) is 5.26 Å². The van der Waals surface area contributed by atoms with Gasteiger partial charge in [0.05, 0.1) is 16.6 Å². The number of imidazole rings is 1. The first kappa shape index (κ1) is 15.8. The standard InChI is InChI=1S/C17H23N3S/c1-4-5-6-10-17(2,3)12-20-14-9-7-8-13(11-18)15(14)19-16(20)21/h7-9H,4-6,10,12H2,1-3H3,(H,19,21). The monoisotopic (exact) mass is 301 g/mol. The molecule has 2 rings (SSSR count). The molecule has 0 aliphatic carbocycles. The number of fused-ring (bicyclic) bond motifs is 1. The Balaban J connectivity index is 2.33. The first-order valence-electron chi connectivity index (χ1n) is 7.60. The summed E-state index contributed by atoms with van der Waals surface area (Å²) in [5.74, 6) is 0. The van der Waals surface area contributed by atoms with Crippen LogP contribution < -0.4 is 0 Å². The van der Waals surface area contributed by atoms with Crippen LogP contribution in [0.15, 0.2) is 18.2 Å². The molecule has 112 valence electrons. The Kier molecular flexibility index (Phi) is 4.84. The zero-order valence-electron chi connectivity index (χ0n) is 13.1. The average molecular weight is 301 g/mol. The fourth-order valence-corrected chi connectivity index (χ4v) is 3.06. The van der Waals surface area contributed by atoms with Gasteiger partial charge in [-0.2, -0.15) is 5.26 Å². The van der Waals surface area contributed by atoms with E-state index in [0.717, 1.165) is 17.6 Å². The van der Waals surface area contributed by atoms with Crippen LogP contribution in [0.2, 0.25) is 0 Å². The number of aromatic nitrogens is 2. The molecule has 3 nitrogen and oxygen atoms in total. The maximum atomic E-state index is 9.20. The van der Waals surface area contributed by atoms with Crippen LogP contribution in [0, 0.1) is 21.5 Å². The molecule has 1 N–H and O–H groups in total. The van der Waals surface area contributed by atoms with E-state index < -0.39 is 0 Å². The smallest absolute Gasteiger partial charge is 0.178 e. The molecule has 21 heavy (non-hydrogen) atoms. The van der Waals surface area contributed by atoms with E-state index in [1.165, 1.54) is 25.7 Å². The van der Waals surface area contributed by atoms with E-state index in [4.69, 9.17) is 12.2 Å². The van der Waals surface area contributed by atoms with Crippen LogP contribution >= 0.6 is 12.2 Å². The number of nitrogens with zero attached hydrogens (tertiary/aromatic N) is 2. The predicted molar refractivity (Wildman–Crippen MR) is 89.8 cm³/mol. The van der Waals surface area contributed by atoms with E-state index in [-0.39, 0.29) is 5.41 Å². The van der Waals surface area contributed by atoms with Crippen LogP contribution in [0.3, 0.4) is 0 Å². The third-order valence-electron chi connectivity index (χ3n) is 3.97. The lowest BCUT2D eigenvalue weighted by Gasteiger charge is -2.25. The highest BCUT2D eigenvalue weighted by molar-refractivity contribution is 7.71. The molecule has 0 unspecified atom stereocenters. The minimum absolute atomic E-state index is 0.200. The number of benzene rings is 1. The lowest BCUT2D eigenvalue weighted by molar-refractivity contribution is 0.273. The number of rotatable bonds is 6. The SMILES string of the molecule is CCCCCC(C)(C)Cn1c(=S)[nH]c2c(C#N)cccc21. The lowest BCUT2D eigenvalue weighted by Crippen LogP contribution is -2.19. The van der Waals surface area contributed by atoms with E-state index in [1.54, 1.807) is 0 Å². The molecular weight excluding hydrogens is 278 g/mol. The summed E-state index contributed by atoms with van der Waals surface area (Å²) in [4.78, 5) is 3.19. The van der Waals surface area contributed by atoms with Crippen LogP contribution in [0.5, 0.6) is 0 Å². The van der Waals surface area contributed by atoms with Crippen molar-refractivity contribution in [2.75, 3.05) is 0 Å². The quantitative estimate of drug-likeness (QED) is 0.590. The second-order valence-corrected chi connectivity index (χ2v) is 6.84. The molecule has 0 aliphatic rings. The molecule has 1 heterocycles. The highest BCUT2D eigenvalue weighted by Crippen LogP contribution is 2.28. The van der Waals surface area contributed by atoms with E-state index >= 15 is 0 Å². The maximum absolute atomic E-state index is 9.20. The van der Waals surface area contributed by atoms with Gasteiger partial charge in [0.15, 0.2) is 4.77 Å². The minimum Gasteiger partial charge on any atom is -0.329 e. The molecule has 0 amide bonds. The highest BCUT2D eigenvalue weighted by atomic mass is 32.1. The lowest BCUT2D eigenvalue weighted by atomic mass is 9.86. The Morgan fingerprint density at radius 3 is 2.76 bits per heavy atom. The van der Waals surface area contributed by atoms with Crippen molar-refractivity contribution >= 4 is 23.3 Å². The number of hydrogen-bond donors (Lipinski definition) is 1. The van der Waals surface area contributed by atoms with Gasteiger partial charge >= 0.3 is 0 Å². The number of para-hydroxylation sites is 1. The zero-order chi connectivity index (χ0) is 15.5. The summed E-state index contributed by atoms with van der Waals surface area (Å²) >= 11 is 5.46.